The number of esters is 1. The van der Waals surface area contributed by atoms with E-state index < -0.39 is 23.7 Å². The van der Waals surface area contributed by atoms with Gasteiger partial charge in [-0.15, -0.1) is 0 Å². The molecule has 0 aliphatic carbocycles. The first-order valence-electron chi connectivity index (χ1n) is 5.68. The summed E-state index contributed by atoms with van der Waals surface area (Å²) in [6, 6.07) is -0.662. The topological polar surface area (TPSA) is 55.8 Å². The first-order valence-corrected chi connectivity index (χ1v) is 5.68. The fourth-order valence-electron chi connectivity index (χ4n) is 1.46. The van der Waals surface area contributed by atoms with Crippen LogP contribution in [-0.4, -0.2) is 41.8 Å². The fraction of sp³-hybridized carbons (Fsp3) is 0.667. The van der Waals surface area contributed by atoms with Gasteiger partial charge in [0, 0.05) is 6.54 Å². The number of amides is 1. The van der Waals surface area contributed by atoms with E-state index in [2.05, 4.69) is 0 Å². The fourth-order valence-corrected chi connectivity index (χ4v) is 1.46. The van der Waals surface area contributed by atoms with Gasteiger partial charge in [-0.25, -0.2) is 9.59 Å². The van der Waals surface area contributed by atoms with Gasteiger partial charge in [-0.05, 0) is 27.7 Å². The normalized spacial score (nSPS) is 19.3. The summed E-state index contributed by atoms with van der Waals surface area (Å²) in [7, 11) is 0. The molecule has 0 saturated heterocycles. The Hall–Kier alpha value is -1.52. The molecule has 1 atom stereocenters. The maximum atomic E-state index is 11.8. The van der Waals surface area contributed by atoms with E-state index in [4.69, 9.17) is 9.47 Å². The highest BCUT2D eigenvalue weighted by Gasteiger charge is 2.34. The molecule has 0 saturated carbocycles. The smallest absolute Gasteiger partial charge is 0.411 e. The molecule has 1 heterocycles. The molecular formula is C12H19NO4. The van der Waals surface area contributed by atoms with Crippen LogP contribution in [-0.2, 0) is 14.3 Å². The SMILES string of the molecule is CCOC(=O)[C@@H]1C=CCN1C(=O)OC(C)(C)C. The first kappa shape index (κ1) is 13.5. The van der Waals surface area contributed by atoms with Crippen molar-refractivity contribution in [1.29, 1.82) is 0 Å². The van der Waals surface area contributed by atoms with Crippen LogP contribution in [0.1, 0.15) is 27.7 Å². The molecule has 1 rings (SSSR count). The van der Waals surface area contributed by atoms with Gasteiger partial charge in [0.25, 0.3) is 0 Å². The van der Waals surface area contributed by atoms with Gasteiger partial charge in [-0.3, -0.25) is 4.90 Å². The Morgan fingerprint density at radius 1 is 1.41 bits per heavy atom. The van der Waals surface area contributed by atoms with Gasteiger partial charge in [-0.2, -0.15) is 0 Å². The Bertz CT molecular complexity index is 330. The summed E-state index contributed by atoms with van der Waals surface area (Å²) in [5.74, 6) is -0.424. The molecule has 5 heteroatoms. The van der Waals surface area contributed by atoms with E-state index in [-0.39, 0.29) is 0 Å². The molecule has 0 aromatic rings. The van der Waals surface area contributed by atoms with Crippen LogP contribution in [0.25, 0.3) is 0 Å². The van der Waals surface area contributed by atoms with E-state index >= 15 is 0 Å². The maximum Gasteiger partial charge on any atom is 0.411 e. The molecule has 0 spiro atoms. The molecule has 0 fully saturated rings. The predicted octanol–water partition coefficient (Wildman–Crippen LogP) is 1.72. The maximum absolute atomic E-state index is 11.8. The second-order valence-electron chi connectivity index (χ2n) is 4.76. The third-order valence-corrected chi connectivity index (χ3v) is 2.11. The van der Waals surface area contributed by atoms with Gasteiger partial charge < -0.3 is 9.47 Å². The molecule has 0 aromatic carbocycles. The Labute approximate surface area is 101 Å². The molecule has 1 amide bonds. The molecule has 0 bridgehead atoms. The summed E-state index contributed by atoms with van der Waals surface area (Å²) < 4.78 is 10.1. The third-order valence-electron chi connectivity index (χ3n) is 2.11. The minimum atomic E-state index is -0.662. The Balaban J connectivity index is 2.65. The van der Waals surface area contributed by atoms with Crippen molar-refractivity contribution in [2.75, 3.05) is 13.2 Å². The molecule has 0 radical (unpaired) electrons. The van der Waals surface area contributed by atoms with Crippen LogP contribution in [0.5, 0.6) is 0 Å². The molecule has 0 N–H and O–H groups in total. The number of carbonyl (C=O) groups is 2. The lowest BCUT2D eigenvalue weighted by Crippen LogP contribution is -2.44. The van der Waals surface area contributed by atoms with E-state index in [0.717, 1.165) is 0 Å². The lowest BCUT2D eigenvalue weighted by molar-refractivity contribution is -0.146. The van der Waals surface area contributed by atoms with Crippen LogP contribution in [0.4, 0.5) is 4.79 Å². The van der Waals surface area contributed by atoms with Crippen LogP contribution in [0.15, 0.2) is 12.2 Å². The highest BCUT2D eigenvalue weighted by atomic mass is 16.6. The number of rotatable bonds is 2. The second-order valence-corrected chi connectivity index (χ2v) is 4.76. The molecule has 96 valence electrons. The first-order chi connectivity index (χ1) is 7.85. The zero-order valence-corrected chi connectivity index (χ0v) is 10.7. The summed E-state index contributed by atoms with van der Waals surface area (Å²) in [4.78, 5) is 24.8. The lowest BCUT2D eigenvalue weighted by atomic mass is 10.2. The largest absolute Gasteiger partial charge is 0.464 e. The quantitative estimate of drug-likeness (QED) is 0.545. The summed E-state index contributed by atoms with van der Waals surface area (Å²) in [6.45, 7) is 7.76. The molecule has 1 aliphatic heterocycles. The van der Waals surface area contributed by atoms with Crippen molar-refractivity contribution in [2.45, 2.75) is 39.3 Å². The summed E-state index contributed by atoms with van der Waals surface area (Å²) in [5, 5.41) is 0. The number of nitrogens with zero attached hydrogens (tertiary/aromatic N) is 1. The number of ether oxygens (including phenoxy) is 2. The van der Waals surface area contributed by atoms with Crippen molar-refractivity contribution in [3.05, 3.63) is 12.2 Å². The Kier molecular flexibility index (Phi) is 4.15. The summed E-state index contributed by atoms with van der Waals surface area (Å²) in [6.07, 6.45) is 2.91. The average molecular weight is 241 g/mol. The second kappa shape index (κ2) is 5.21. The molecule has 5 nitrogen and oxygen atoms in total. The van der Waals surface area contributed by atoms with Crippen molar-refractivity contribution < 1.29 is 19.1 Å². The highest BCUT2D eigenvalue weighted by molar-refractivity contribution is 5.84. The zero-order valence-electron chi connectivity index (χ0n) is 10.7. The van der Waals surface area contributed by atoms with Crippen LogP contribution in [0, 0.1) is 0 Å². The monoisotopic (exact) mass is 241 g/mol. The standard InChI is InChI=1S/C12H19NO4/c1-5-16-10(14)9-7-6-8-13(9)11(15)17-12(2,3)4/h6-7,9H,5,8H2,1-4H3/t9-/m0/s1. The minimum Gasteiger partial charge on any atom is -0.464 e. The van der Waals surface area contributed by atoms with E-state index in [1.165, 1.54) is 4.90 Å². The van der Waals surface area contributed by atoms with Crippen molar-refractivity contribution in [3.63, 3.8) is 0 Å². The van der Waals surface area contributed by atoms with E-state index in [0.29, 0.717) is 13.2 Å². The Morgan fingerprint density at radius 3 is 2.59 bits per heavy atom. The minimum absolute atomic E-state index is 0.297. The van der Waals surface area contributed by atoms with Gasteiger partial charge in [0.2, 0.25) is 0 Å². The predicted molar refractivity (Wildman–Crippen MR) is 62.5 cm³/mol. The van der Waals surface area contributed by atoms with Crippen molar-refractivity contribution in [1.82, 2.24) is 4.90 Å². The summed E-state index contributed by atoms with van der Waals surface area (Å²) in [5.41, 5.74) is -0.571. The molecule has 17 heavy (non-hydrogen) atoms. The van der Waals surface area contributed by atoms with Crippen LogP contribution in [0.2, 0.25) is 0 Å². The van der Waals surface area contributed by atoms with Crippen LogP contribution >= 0.6 is 0 Å². The van der Waals surface area contributed by atoms with Gasteiger partial charge in [0.1, 0.15) is 5.60 Å². The number of carbonyl (C=O) groups excluding carboxylic acids is 2. The van der Waals surface area contributed by atoms with Crippen LogP contribution in [0.3, 0.4) is 0 Å². The van der Waals surface area contributed by atoms with E-state index in [1.54, 1.807) is 39.8 Å². The molecule has 1 aliphatic rings. The van der Waals surface area contributed by atoms with Crippen molar-refractivity contribution in [3.8, 4) is 0 Å². The van der Waals surface area contributed by atoms with Gasteiger partial charge in [0.15, 0.2) is 6.04 Å². The van der Waals surface area contributed by atoms with E-state index in [9.17, 15) is 9.59 Å². The number of hydrogen-bond acceptors (Lipinski definition) is 4. The zero-order chi connectivity index (χ0) is 13.1. The molecule has 0 unspecified atom stereocenters. The number of hydrogen-bond donors (Lipinski definition) is 0. The van der Waals surface area contributed by atoms with Crippen molar-refractivity contribution in [2.24, 2.45) is 0 Å². The van der Waals surface area contributed by atoms with Gasteiger partial charge >= 0.3 is 12.1 Å². The van der Waals surface area contributed by atoms with E-state index in [1.807, 2.05) is 0 Å². The highest BCUT2D eigenvalue weighted by Crippen LogP contribution is 2.16. The molecular weight excluding hydrogens is 222 g/mol. The average Bonchev–Trinajstić information content (AvgIpc) is 2.63. The lowest BCUT2D eigenvalue weighted by Gasteiger charge is -2.27. The molecule has 0 aromatic heterocycles. The van der Waals surface area contributed by atoms with Gasteiger partial charge in [-0.1, -0.05) is 12.2 Å². The summed E-state index contributed by atoms with van der Waals surface area (Å²) >= 11 is 0. The van der Waals surface area contributed by atoms with Crippen LogP contribution < -0.4 is 0 Å². The van der Waals surface area contributed by atoms with Gasteiger partial charge in [0.05, 0.1) is 6.61 Å². The van der Waals surface area contributed by atoms with Crippen molar-refractivity contribution >= 4 is 12.1 Å². The third kappa shape index (κ3) is 3.76. The Morgan fingerprint density at radius 2 is 2.06 bits per heavy atom.